The summed E-state index contributed by atoms with van der Waals surface area (Å²) < 4.78 is 42.4. The minimum absolute atomic E-state index is 0.0577. The number of ether oxygens (including phenoxy) is 2. The molecule has 2 aliphatic heterocycles. The van der Waals surface area contributed by atoms with E-state index in [1.807, 2.05) is 6.07 Å². The number of rotatable bonds is 11. The van der Waals surface area contributed by atoms with Gasteiger partial charge in [-0.2, -0.15) is 12.7 Å². The number of amides is 1. The van der Waals surface area contributed by atoms with Crippen LogP contribution in [0.5, 0.6) is 5.75 Å². The predicted molar refractivity (Wildman–Crippen MR) is 180 cm³/mol. The Morgan fingerprint density at radius 3 is 2.76 bits per heavy atom. The first kappa shape index (κ1) is 33.0. The highest BCUT2D eigenvalue weighted by atomic mass is 35.5. The van der Waals surface area contributed by atoms with E-state index in [0.717, 1.165) is 50.6 Å². The number of carbonyl (C=O) groups is 1. The number of anilines is 1. The largest absolute Gasteiger partial charge is 0.490 e. The van der Waals surface area contributed by atoms with Gasteiger partial charge in [-0.15, -0.1) is 13.2 Å². The Labute approximate surface area is 277 Å². The molecular weight excluding hydrogens is 626 g/mol. The van der Waals surface area contributed by atoms with Crippen LogP contribution in [0.2, 0.25) is 5.02 Å². The van der Waals surface area contributed by atoms with Crippen LogP contribution in [-0.4, -0.2) is 75.3 Å². The van der Waals surface area contributed by atoms with Crippen LogP contribution < -0.4 is 14.4 Å². The molecule has 1 spiro atoms. The normalized spacial score (nSPS) is 26.3. The molecule has 5 atom stereocenters. The van der Waals surface area contributed by atoms with Gasteiger partial charge in [0.15, 0.2) is 0 Å². The van der Waals surface area contributed by atoms with Crippen LogP contribution in [0.15, 0.2) is 61.7 Å². The van der Waals surface area contributed by atoms with Crippen molar-refractivity contribution in [1.82, 2.24) is 9.03 Å². The summed E-state index contributed by atoms with van der Waals surface area (Å²) in [5, 5.41) is 11.3. The second-order valence-electron chi connectivity index (χ2n) is 13.2. The fraction of sp³-hybridized carbons (Fsp3) is 0.514. The first-order chi connectivity index (χ1) is 22.1. The smallest absolute Gasteiger partial charge is 0.304 e. The van der Waals surface area contributed by atoms with E-state index >= 15 is 0 Å². The number of aryl methyl sites for hydroxylation is 1. The molecule has 2 aromatic rings. The Kier molecular flexibility index (Phi) is 9.83. The summed E-state index contributed by atoms with van der Waals surface area (Å²) in [5.74, 6) is 0.260. The van der Waals surface area contributed by atoms with Crippen LogP contribution in [0.25, 0.3) is 0 Å². The molecular formula is C35H44ClN3O6S. The molecule has 0 bridgehead atoms. The molecule has 2 fully saturated rings. The van der Waals surface area contributed by atoms with Gasteiger partial charge >= 0.3 is 10.2 Å². The molecule has 0 radical (unpaired) electrons. The number of nitrogens with one attached hydrogen (secondary N) is 1. The number of fused-ring (bicyclic) bond motifs is 3. The Morgan fingerprint density at radius 2 is 2.04 bits per heavy atom. The number of nitrogens with zero attached hydrogens (tertiary/aromatic N) is 2. The Hall–Kier alpha value is -2.89. The molecule has 2 N–H and O–H groups in total. The second kappa shape index (κ2) is 13.7. The van der Waals surface area contributed by atoms with E-state index in [1.54, 1.807) is 24.3 Å². The third kappa shape index (κ3) is 6.73. The average Bonchev–Trinajstić information content (AvgIpc) is 3.49. The number of carbonyl (C=O) groups excluding carboxylic acids is 1. The molecule has 1 unspecified atom stereocenters. The quantitative estimate of drug-likeness (QED) is 0.323. The van der Waals surface area contributed by atoms with E-state index in [-0.39, 0.29) is 42.0 Å². The van der Waals surface area contributed by atoms with Crippen LogP contribution in [0.3, 0.4) is 0 Å². The summed E-state index contributed by atoms with van der Waals surface area (Å²) in [6, 6.07) is 11.2. The fourth-order valence-electron chi connectivity index (χ4n) is 7.66. The van der Waals surface area contributed by atoms with Crippen LogP contribution >= 0.6 is 11.6 Å². The molecule has 2 aromatic carbocycles. The highest BCUT2D eigenvalue weighted by Gasteiger charge is 2.44. The van der Waals surface area contributed by atoms with E-state index in [0.29, 0.717) is 37.1 Å². The van der Waals surface area contributed by atoms with Crippen molar-refractivity contribution >= 4 is 33.4 Å². The van der Waals surface area contributed by atoms with E-state index in [9.17, 15) is 18.3 Å². The average molecular weight is 670 g/mol. The summed E-state index contributed by atoms with van der Waals surface area (Å²) in [6.45, 7) is 10.1. The Bertz CT molecular complexity index is 1580. The highest BCUT2D eigenvalue weighted by Crippen LogP contribution is 2.46. The highest BCUT2D eigenvalue weighted by molar-refractivity contribution is 7.87. The van der Waals surface area contributed by atoms with Gasteiger partial charge in [-0.25, -0.2) is 4.72 Å². The maximum atomic E-state index is 13.6. The zero-order valence-electron chi connectivity index (χ0n) is 26.2. The topological polar surface area (TPSA) is 108 Å². The molecule has 46 heavy (non-hydrogen) atoms. The Balaban J connectivity index is 1.30. The third-order valence-corrected chi connectivity index (χ3v) is 11.9. The van der Waals surface area contributed by atoms with Gasteiger partial charge in [0.25, 0.3) is 5.91 Å². The zero-order chi connectivity index (χ0) is 32.5. The van der Waals surface area contributed by atoms with Crippen molar-refractivity contribution in [2.24, 2.45) is 11.8 Å². The maximum absolute atomic E-state index is 13.6. The van der Waals surface area contributed by atoms with Crippen LogP contribution in [0.1, 0.15) is 60.0 Å². The third-order valence-electron chi connectivity index (χ3n) is 10.2. The van der Waals surface area contributed by atoms with Crippen molar-refractivity contribution in [3.63, 3.8) is 0 Å². The molecule has 1 saturated carbocycles. The summed E-state index contributed by atoms with van der Waals surface area (Å²) in [5.41, 5.74) is 3.12. The maximum Gasteiger partial charge on any atom is 0.304 e. The van der Waals surface area contributed by atoms with E-state index < -0.39 is 22.2 Å². The summed E-state index contributed by atoms with van der Waals surface area (Å²) in [6.07, 6.45) is 8.75. The number of hydrogen-bond acceptors (Lipinski definition) is 7. The van der Waals surface area contributed by atoms with Gasteiger partial charge in [0.1, 0.15) is 5.75 Å². The van der Waals surface area contributed by atoms with Gasteiger partial charge in [-0.05, 0) is 98.2 Å². The number of aliphatic hydroxyl groups is 1. The first-order valence-corrected chi connectivity index (χ1v) is 18.1. The van der Waals surface area contributed by atoms with Crippen LogP contribution in [-0.2, 0) is 26.8 Å². The van der Waals surface area contributed by atoms with Gasteiger partial charge in [0, 0.05) is 48.8 Å². The molecule has 0 aromatic heterocycles. The van der Waals surface area contributed by atoms with Crippen molar-refractivity contribution in [1.29, 1.82) is 0 Å². The van der Waals surface area contributed by atoms with Crippen molar-refractivity contribution in [2.75, 3.05) is 44.3 Å². The zero-order valence-corrected chi connectivity index (χ0v) is 27.8. The van der Waals surface area contributed by atoms with Gasteiger partial charge in [-0.1, -0.05) is 29.8 Å². The molecule has 9 nitrogen and oxygen atoms in total. The summed E-state index contributed by atoms with van der Waals surface area (Å²) in [4.78, 5) is 15.8. The number of aliphatic hydroxyl groups excluding tert-OH is 1. The minimum Gasteiger partial charge on any atom is -0.490 e. The van der Waals surface area contributed by atoms with Gasteiger partial charge < -0.3 is 19.5 Å². The van der Waals surface area contributed by atoms with Crippen LogP contribution in [0.4, 0.5) is 5.69 Å². The van der Waals surface area contributed by atoms with Crippen molar-refractivity contribution < 1.29 is 27.8 Å². The van der Waals surface area contributed by atoms with E-state index in [1.165, 1.54) is 21.5 Å². The lowest BCUT2D eigenvalue weighted by Crippen LogP contribution is -2.49. The van der Waals surface area contributed by atoms with Crippen LogP contribution in [0, 0.1) is 11.8 Å². The molecule has 2 heterocycles. The molecule has 2 aliphatic carbocycles. The second-order valence-corrected chi connectivity index (χ2v) is 15.3. The van der Waals surface area contributed by atoms with E-state index in [2.05, 4.69) is 34.9 Å². The summed E-state index contributed by atoms with van der Waals surface area (Å²) >= 11 is 6.40. The number of halogens is 1. The lowest BCUT2D eigenvalue weighted by Gasteiger charge is -2.45. The first-order valence-electron chi connectivity index (χ1n) is 16.3. The summed E-state index contributed by atoms with van der Waals surface area (Å²) in [7, 11) is -4.16. The molecule has 1 saturated heterocycles. The van der Waals surface area contributed by atoms with E-state index in [4.69, 9.17) is 21.1 Å². The standard InChI is InChI=1S/C35H44ClN3O6S/c1-3-16-39(21-28-8-6-17-44-28)46(42,43)37-34(41)25-10-14-33-31(19-25)38(20-26-9-12-29(26)32(40)4-2)22-35(23-45-33)15-5-7-24-18-27(36)11-13-30(24)35/h3-4,10-11,13-14,18-19,26,28-29,32,40H,1-2,5-9,12,15-17,20-23H2,(H,37,41)/t26-,28+,29+,32-,35?/m0/s1. The number of benzene rings is 2. The molecule has 1 amide bonds. The monoisotopic (exact) mass is 669 g/mol. The number of hydrogen-bond donors (Lipinski definition) is 2. The Morgan fingerprint density at radius 1 is 1.20 bits per heavy atom. The van der Waals surface area contributed by atoms with Crippen molar-refractivity contribution in [2.45, 2.75) is 62.6 Å². The lowest BCUT2D eigenvalue weighted by atomic mass is 9.68. The van der Waals surface area contributed by atoms with Crippen molar-refractivity contribution in [3.8, 4) is 5.75 Å². The predicted octanol–water partition coefficient (Wildman–Crippen LogP) is 5.03. The fourth-order valence-corrected chi connectivity index (χ4v) is 9.00. The lowest BCUT2D eigenvalue weighted by molar-refractivity contribution is 0.0460. The van der Waals surface area contributed by atoms with Gasteiger partial charge in [0.2, 0.25) is 0 Å². The minimum atomic E-state index is -4.16. The van der Waals surface area contributed by atoms with Gasteiger partial charge in [-0.3, -0.25) is 4.79 Å². The van der Waals surface area contributed by atoms with Gasteiger partial charge in [0.05, 0.1) is 24.5 Å². The molecule has 248 valence electrons. The molecule has 11 heteroatoms. The molecule has 4 aliphatic rings. The molecule has 6 rings (SSSR count). The van der Waals surface area contributed by atoms with Crippen molar-refractivity contribution in [3.05, 3.63) is 83.4 Å². The SMILES string of the molecule is C=CCN(C[C@H]1CCCO1)S(=O)(=O)NC(=O)c1ccc2c(c1)N(C[C@@H]1CC[C@H]1[C@@H](O)C=C)CC1(CCCc3cc(Cl)ccc31)CO2.